The maximum atomic E-state index is 12.8. The molecule has 0 aliphatic heterocycles. The quantitative estimate of drug-likeness (QED) is 0.0211. The van der Waals surface area contributed by atoms with Gasteiger partial charge in [-0.15, -0.1) is 0 Å². The molecule has 0 rings (SSSR count). The Kier molecular flexibility index (Phi) is 51.0. The van der Waals surface area contributed by atoms with Crippen molar-refractivity contribution in [1.29, 1.82) is 0 Å². The Morgan fingerprint density at radius 2 is 0.792 bits per heavy atom. The van der Waals surface area contributed by atoms with Crippen molar-refractivity contribution in [3.63, 3.8) is 0 Å². The molecule has 10 heteroatoms. The van der Waals surface area contributed by atoms with Gasteiger partial charge >= 0.3 is 19.8 Å². The number of phosphoric ester groups is 1. The first-order chi connectivity index (χ1) is 35.0. The minimum Gasteiger partial charge on any atom is -0.462 e. The number of carbonyl (C=O) groups is 2. The fourth-order valence-electron chi connectivity index (χ4n) is 7.94. The summed E-state index contributed by atoms with van der Waals surface area (Å²) in [4.78, 5) is 35.7. The lowest BCUT2D eigenvalue weighted by molar-refractivity contribution is -0.870. The zero-order valence-corrected chi connectivity index (χ0v) is 48.0. The predicted molar refractivity (Wildman–Crippen MR) is 307 cm³/mol. The molecule has 0 aliphatic rings. The highest BCUT2D eigenvalue weighted by Gasteiger charge is 2.27. The van der Waals surface area contributed by atoms with Crippen molar-refractivity contribution in [3.8, 4) is 0 Å². The molecule has 0 heterocycles. The molecule has 2 unspecified atom stereocenters. The predicted octanol–water partition coefficient (Wildman–Crippen LogP) is 18.3. The van der Waals surface area contributed by atoms with Gasteiger partial charge in [0.15, 0.2) is 6.10 Å². The van der Waals surface area contributed by atoms with Crippen LogP contribution in [-0.2, 0) is 32.7 Å². The number of ether oxygens (including phenoxy) is 2. The van der Waals surface area contributed by atoms with Crippen LogP contribution in [0.4, 0.5) is 0 Å². The van der Waals surface area contributed by atoms with Crippen LogP contribution in [0.25, 0.3) is 0 Å². The van der Waals surface area contributed by atoms with Crippen LogP contribution in [0.5, 0.6) is 0 Å². The molecule has 416 valence electrons. The van der Waals surface area contributed by atoms with Gasteiger partial charge in [0, 0.05) is 12.8 Å². The molecule has 0 bridgehead atoms. The van der Waals surface area contributed by atoms with Crippen molar-refractivity contribution in [2.75, 3.05) is 47.5 Å². The topological polar surface area (TPSA) is 108 Å². The molecule has 72 heavy (non-hydrogen) atoms. The van der Waals surface area contributed by atoms with Crippen LogP contribution in [0.15, 0.2) is 85.1 Å². The van der Waals surface area contributed by atoms with Gasteiger partial charge < -0.3 is 18.9 Å². The van der Waals surface area contributed by atoms with Gasteiger partial charge in [0.2, 0.25) is 0 Å². The molecular formula is C62H111NO8P+. The SMILES string of the molecule is CC/C=C\C/C=C\C/C=C\C/C=C\C/C=C\C/C=C\C/C=C\CCCCCC(=O)OC(COC(=O)CCCCCCCCCCCCCCCCCCCCCCCCC)COP(=O)(O)OCC[N+](C)(C)C. The second kappa shape index (κ2) is 53.0. The van der Waals surface area contributed by atoms with E-state index in [9.17, 15) is 19.0 Å². The first-order valence-electron chi connectivity index (χ1n) is 29.3. The molecule has 0 spiro atoms. The maximum Gasteiger partial charge on any atom is 0.472 e. The van der Waals surface area contributed by atoms with Crippen LogP contribution in [0.2, 0.25) is 0 Å². The van der Waals surface area contributed by atoms with E-state index in [1.165, 1.54) is 128 Å². The van der Waals surface area contributed by atoms with Gasteiger partial charge in [-0.2, -0.15) is 0 Å². The van der Waals surface area contributed by atoms with Gasteiger partial charge in [-0.05, 0) is 70.6 Å². The average molecular weight is 1030 g/mol. The van der Waals surface area contributed by atoms with E-state index in [1.807, 2.05) is 21.1 Å². The van der Waals surface area contributed by atoms with Gasteiger partial charge in [0.05, 0.1) is 27.7 Å². The Labute approximate surface area is 443 Å². The number of esters is 2. The van der Waals surface area contributed by atoms with E-state index >= 15 is 0 Å². The van der Waals surface area contributed by atoms with Crippen molar-refractivity contribution in [2.24, 2.45) is 0 Å². The highest BCUT2D eigenvalue weighted by molar-refractivity contribution is 7.47. The molecule has 2 atom stereocenters. The Bertz CT molecular complexity index is 1490. The summed E-state index contributed by atoms with van der Waals surface area (Å²) in [7, 11) is 1.45. The lowest BCUT2D eigenvalue weighted by Gasteiger charge is -2.24. The van der Waals surface area contributed by atoms with Crippen molar-refractivity contribution in [1.82, 2.24) is 0 Å². The first kappa shape index (κ1) is 69.2. The van der Waals surface area contributed by atoms with Crippen LogP contribution in [-0.4, -0.2) is 74.9 Å². The lowest BCUT2D eigenvalue weighted by atomic mass is 10.0. The van der Waals surface area contributed by atoms with Crippen molar-refractivity contribution in [2.45, 2.75) is 251 Å². The summed E-state index contributed by atoms with van der Waals surface area (Å²) < 4.78 is 34.5. The molecule has 1 N–H and O–H groups in total. The third-order valence-corrected chi connectivity index (χ3v) is 13.4. The van der Waals surface area contributed by atoms with E-state index in [1.54, 1.807) is 0 Å². The molecule has 9 nitrogen and oxygen atoms in total. The Morgan fingerprint density at radius 1 is 0.444 bits per heavy atom. The summed E-state index contributed by atoms with van der Waals surface area (Å²) in [5, 5.41) is 0. The van der Waals surface area contributed by atoms with E-state index < -0.39 is 26.5 Å². The van der Waals surface area contributed by atoms with E-state index in [0.29, 0.717) is 17.4 Å². The zero-order chi connectivity index (χ0) is 52.7. The monoisotopic (exact) mass is 1030 g/mol. The summed E-state index contributed by atoms with van der Waals surface area (Å²) in [6.07, 6.45) is 70.8. The van der Waals surface area contributed by atoms with Gasteiger partial charge in [-0.1, -0.05) is 247 Å². The summed E-state index contributed by atoms with van der Waals surface area (Å²) in [6.45, 7) is 4.30. The summed E-state index contributed by atoms with van der Waals surface area (Å²) in [6, 6.07) is 0. The van der Waals surface area contributed by atoms with E-state index in [-0.39, 0.29) is 32.0 Å². The summed E-state index contributed by atoms with van der Waals surface area (Å²) in [5.74, 6) is -0.832. The third-order valence-electron chi connectivity index (χ3n) is 12.4. The Hall–Kier alpha value is -2.81. The van der Waals surface area contributed by atoms with E-state index in [0.717, 1.165) is 83.5 Å². The highest BCUT2D eigenvalue weighted by atomic mass is 31.2. The van der Waals surface area contributed by atoms with Gasteiger partial charge in [-0.25, -0.2) is 4.57 Å². The van der Waals surface area contributed by atoms with Crippen LogP contribution < -0.4 is 0 Å². The summed E-state index contributed by atoms with van der Waals surface area (Å²) >= 11 is 0. The fraction of sp³-hybridized carbons (Fsp3) is 0.742. The van der Waals surface area contributed by atoms with Gasteiger partial charge in [-0.3, -0.25) is 18.6 Å². The Balaban J connectivity index is 4.24. The normalized spacial score (nSPS) is 13.9. The standard InChI is InChI=1S/C62H110NO8P/c1-6-8-10-12-14-16-18-20-22-24-26-28-30-31-33-35-37-39-41-43-45-47-49-51-53-55-62(65)71-60(59-70-72(66,67)69-57-56-63(3,4)5)58-68-61(64)54-52-50-48-46-44-42-40-38-36-34-32-29-27-25-23-21-19-17-15-13-11-9-7-2/h8,10,14,16,20,22,26,28,31,33,37,39,43,45,60H,6-7,9,11-13,15,17-19,21,23-25,27,29-30,32,34-36,38,40-42,44,46-59H2,1-5H3/p+1/b10-8-,16-14-,22-20-,28-26-,33-31-,39-37-,45-43-. The molecule has 0 radical (unpaired) electrons. The van der Waals surface area contributed by atoms with Crippen LogP contribution >= 0.6 is 7.82 Å². The summed E-state index contributed by atoms with van der Waals surface area (Å²) in [5.41, 5.74) is 0. The second-order valence-corrected chi connectivity index (χ2v) is 22.1. The number of allylic oxidation sites excluding steroid dienone is 14. The molecular weight excluding hydrogens is 918 g/mol. The molecule has 0 saturated heterocycles. The average Bonchev–Trinajstić information content (AvgIpc) is 3.34. The molecule has 0 aromatic heterocycles. The van der Waals surface area contributed by atoms with Crippen molar-refractivity contribution in [3.05, 3.63) is 85.1 Å². The number of unbranched alkanes of at least 4 members (excludes halogenated alkanes) is 25. The first-order valence-corrected chi connectivity index (χ1v) is 30.8. The minimum absolute atomic E-state index is 0.0218. The Morgan fingerprint density at radius 3 is 1.18 bits per heavy atom. The number of rotatable bonds is 53. The number of hydrogen-bond donors (Lipinski definition) is 1. The van der Waals surface area contributed by atoms with Gasteiger partial charge in [0.1, 0.15) is 19.8 Å². The van der Waals surface area contributed by atoms with Gasteiger partial charge in [0.25, 0.3) is 0 Å². The smallest absolute Gasteiger partial charge is 0.462 e. The second-order valence-electron chi connectivity index (χ2n) is 20.7. The zero-order valence-electron chi connectivity index (χ0n) is 47.1. The third kappa shape index (κ3) is 56.5. The lowest BCUT2D eigenvalue weighted by Crippen LogP contribution is -2.37. The van der Waals surface area contributed by atoms with Crippen molar-refractivity contribution < 1.29 is 42.1 Å². The molecule has 0 fully saturated rings. The van der Waals surface area contributed by atoms with Crippen LogP contribution in [0, 0.1) is 0 Å². The number of carbonyl (C=O) groups excluding carboxylic acids is 2. The van der Waals surface area contributed by atoms with Crippen molar-refractivity contribution >= 4 is 19.8 Å². The number of quaternary nitrogens is 1. The number of nitrogens with zero attached hydrogens (tertiary/aromatic N) is 1. The van der Waals surface area contributed by atoms with E-state index in [4.69, 9.17) is 18.5 Å². The van der Waals surface area contributed by atoms with Crippen LogP contribution in [0.1, 0.15) is 245 Å². The number of likely N-dealkylation sites (N-methyl/N-ethyl adjacent to an activating group) is 1. The van der Waals surface area contributed by atoms with Crippen LogP contribution in [0.3, 0.4) is 0 Å². The number of phosphoric acid groups is 1. The molecule has 0 aromatic carbocycles. The maximum absolute atomic E-state index is 12.8. The molecule has 0 saturated carbocycles. The van der Waals surface area contributed by atoms with E-state index in [2.05, 4.69) is 98.9 Å². The largest absolute Gasteiger partial charge is 0.472 e. The number of hydrogen-bond acceptors (Lipinski definition) is 7. The highest BCUT2D eigenvalue weighted by Crippen LogP contribution is 2.43. The fourth-order valence-corrected chi connectivity index (χ4v) is 8.68. The molecule has 0 aliphatic carbocycles. The molecule has 0 aromatic rings. The molecule has 0 amide bonds. The minimum atomic E-state index is -4.40.